The molecule has 1 fully saturated rings. The first-order chi connectivity index (χ1) is 39.7. The van der Waals surface area contributed by atoms with Crippen LogP contribution in [0.15, 0.2) is 12.2 Å². The van der Waals surface area contributed by atoms with Crippen LogP contribution in [0, 0.1) is 41.4 Å². The van der Waals surface area contributed by atoms with Crippen LogP contribution in [0.2, 0.25) is 0 Å². The largest absolute Gasteiger partial charge is 0.390 e. The quantitative estimate of drug-likeness (QED) is 0.139. The number of carbonyl (C=O) groups excluding carboxylic acids is 11. The molecular weight excluding hydrogens is 1100 g/mol. The zero-order valence-electron chi connectivity index (χ0n) is 56.8. The molecule has 0 bridgehead atoms. The molecule has 1 rings (SSSR count). The van der Waals surface area contributed by atoms with E-state index in [2.05, 4.69) is 21.3 Å². The highest BCUT2D eigenvalue weighted by molar-refractivity contribution is 5.99. The van der Waals surface area contributed by atoms with Crippen LogP contribution in [-0.2, 0) is 52.7 Å². The van der Waals surface area contributed by atoms with E-state index in [1.165, 1.54) is 87.7 Å². The van der Waals surface area contributed by atoms with Crippen LogP contribution in [0.4, 0.5) is 0 Å². The summed E-state index contributed by atoms with van der Waals surface area (Å²) in [5.74, 6) is -9.66. The Balaban J connectivity index is 4.36. The predicted octanol–water partition coefficient (Wildman–Crippen LogP) is 3.66. The Labute approximate surface area is 515 Å². The van der Waals surface area contributed by atoms with Crippen molar-refractivity contribution in [3.05, 3.63) is 12.2 Å². The molecule has 5 N–H and O–H groups in total. The molecule has 86 heavy (non-hydrogen) atoms. The third kappa shape index (κ3) is 21.9. The van der Waals surface area contributed by atoms with Gasteiger partial charge in [-0.25, -0.2) is 0 Å². The van der Waals surface area contributed by atoms with E-state index in [1.54, 1.807) is 54.5 Å². The van der Waals surface area contributed by atoms with Gasteiger partial charge in [-0.1, -0.05) is 116 Å². The number of amides is 11. The summed E-state index contributed by atoms with van der Waals surface area (Å²) >= 11 is 0. The molecule has 1 aliphatic heterocycles. The van der Waals surface area contributed by atoms with Crippen LogP contribution in [-0.4, -0.2) is 227 Å². The van der Waals surface area contributed by atoms with Gasteiger partial charge in [0.2, 0.25) is 65.0 Å². The Hall–Kier alpha value is -6.13. The molecule has 0 aliphatic carbocycles. The molecule has 1 aliphatic rings. The molecule has 0 aromatic heterocycles. The normalized spacial score (nSPS) is 26.7. The number of allylic oxidation sites excluding steroid dienone is 2. The highest BCUT2D eigenvalue weighted by atomic mass is 16.3. The van der Waals surface area contributed by atoms with Crippen LogP contribution >= 0.6 is 0 Å². The molecule has 23 nitrogen and oxygen atoms in total. The fourth-order valence-electron chi connectivity index (χ4n) is 10.9. The predicted molar refractivity (Wildman–Crippen MR) is 333 cm³/mol. The summed E-state index contributed by atoms with van der Waals surface area (Å²) in [5.41, 5.74) is 0. The average Bonchev–Trinajstić information content (AvgIpc) is 3.10. The Morgan fingerprint density at radius 2 is 0.884 bits per heavy atom. The Bertz CT molecular complexity index is 2340. The number of hydrogen-bond donors (Lipinski definition) is 5. The number of aliphatic hydroxyl groups excluding tert-OH is 1. The van der Waals surface area contributed by atoms with Crippen molar-refractivity contribution in [2.75, 3.05) is 55.9 Å². The molecule has 492 valence electrons. The highest BCUT2D eigenvalue weighted by Gasteiger charge is 2.46. The van der Waals surface area contributed by atoms with Gasteiger partial charge in [0.15, 0.2) is 0 Å². The standard InChI is InChI=1S/C63H113N11O12/c1-25-27-29-41(15)53(76)52-57(80)66-44(28-26-2)59(82)68(18)34-49(75)69(19)45(30-35(3)4)56(79)67-50(39(11)12)62(85)70(20)46(31-36(5)6)55(78)64-42(16)54(77)65-43(17)58(81)71(21)47(32-37(7)8)60(83)72(22)48(33-38(9)10)61(84)73(23)51(40(13)14)63(86)74(52)24/h25,27,35-48,50-53,76H,26,28-34H2,1-24H3,(H,64,78)(H,65,77)(H,66,80)(H,67,79)/b27-25+/t41-,42+,43-,44+,45+,46+,47+,48+,50+,51+,52+,53-/m1/s1. The van der Waals surface area contributed by atoms with E-state index < -0.39 is 156 Å². The third-order valence-electron chi connectivity index (χ3n) is 16.2. The summed E-state index contributed by atoms with van der Waals surface area (Å²) in [6.45, 7) is 29.5. The Morgan fingerprint density at radius 3 is 1.34 bits per heavy atom. The summed E-state index contributed by atoms with van der Waals surface area (Å²) in [6, 6.07) is -12.3. The van der Waals surface area contributed by atoms with Gasteiger partial charge in [0.1, 0.15) is 60.4 Å². The number of likely N-dealkylation sites (N-methyl/N-ethyl adjacent to an activating group) is 7. The van der Waals surface area contributed by atoms with Crippen molar-refractivity contribution < 1.29 is 57.8 Å². The molecular formula is C63H113N11O12. The van der Waals surface area contributed by atoms with Crippen molar-refractivity contribution in [3.8, 4) is 0 Å². The van der Waals surface area contributed by atoms with E-state index in [9.17, 15) is 48.3 Å². The molecule has 12 atom stereocenters. The van der Waals surface area contributed by atoms with Gasteiger partial charge < -0.3 is 60.7 Å². The molecule has 23 heteroatoms. The van der Waals surface area contributed by atoms with Crippen LogP contribution in [0.3, 0.4) is 0 Å². The molecule has 11 amide bonds. The molecule has 0 radical (unpaired) electrons. The molecule has 1 heterocycles. The lowest BCUT2D eigenvalue weighted by molar-refractivity contribution is -0.157. The second-order valence-electron chi connectivity index (χ2n) is 26.5. The van der Waals surface area contributed by atoms with Crippen molar-refractivity contribution in [1.82, 2.24) is 55.6 Å². The minimum absolute atomic E-state index is 0.0923. The second kappa shape index (κ2) is 35.6. The summed E-state index contributed by atoms with van der Waals surface area (Å²) in [6.07, 6.45) is 3.51. The lowest BCUT2D eigenvalue weighted by Gasteiger charge is -2.41. The number of carbonyl (C=O) groups is 11. The zero-order chi connectivity index (χ0) is 66.7. The maximum absolute atomic E-state index is 15.2. The lowest BCUT2D eigenvalue weighted by atomic mass is 9.91. The van der Waals surface area contributed by atoms with Crippen LogP contribution < -0.4 is 21.3 Å². The summed E-state index contributed by atoms with van der Waals surface area (Å²) in [5, 5.41) is 23.2. The molecule has 0 unspecified atom stereocenters. The number of nitrogens with zero attached hydrogens (tertiary/aromatic N) is 7. The second-order valence-corrected chi connectivity index (χ2v) is 26.5. The minimum atomic E-state index is -1.61. The fraction of sp³-hybridized carbons (Fsp3) is 0.794. The van der Waals surface area contributed by atoms with Gasteiger partial charge in [0, 0.05) is 49.3 Å². The molecule has 0 saturated carbocycles. The summed E-state index contributed by atoms with van der Waals surface area (Å²) in [4.78, 5) is 169. The smallest absolute Gasteiger partial charge is 0.246 e. The van der Waals surface area contributed by atoms with Crippen molar-refractivity contribution in [1.29, 1.82) is 0 Å². The Kier molecular flexibility index (Phi) is 32.3. The van der Waals surface area contributed by atoms with Gasteiger partial charge in [-0.15, -0.1) is 0 Å². The van der Waals surface area contributed by atoms with Gasteiger partial charge >= 0.3 is 0 Å². The van der Waals surface area contributed by atoms with E-state index in [4.69, 9.17) is 0 Å². The van der Waals surface area contributed by atoms with E-state index in [1.807, 2.05) is 61.5 Å². The zero-order valence-corrected chi connectivity index (χ0v) is 56.8. The molecule has 0 aromatic carbocycles. The molecule has 1 saturated heterocycles. The van der Waals surface area contributed by atoms with Crippen LogP contribution in [0.1, 0.15) is 163 Å². The van der Waals surface area contributed by atoms with Gasteiger partial charge in [-0.2, -0.15) is 0 Å². The first-order valence-corrected chi connectivity index (χ1v) is 31.1. The fourth-order valence-corrected chi connectivity index (χ4v) is 10.9. The third-order valence-corrected chi connectivity index (χ3v) is 16.2. The maximum atomic E-state index is 15.2. The highest BCUT2D eigenvalue weighted by Crippen LogP contribution is 2.26. The van der Waals surface area contributed by atoms with Crippen molar-refractivity contribution in [2.45, 2.75) is 229 Å². The Morgan fingerprint density at radius 1 is 0.465 bits per heavy atom. The maximum Gasteiger partial charge on any atom is 0.246 e. The minimum Gasteiger partial charge on any atom is -0.390 e. The van der Waals surface area contributed by atoms with E-state index in [0.717, 1.165) is 9.80 Å². The van der Waals surface area contributed by atoms with Gasteiger partial charge in [-0.05, 0) is 101 Å². The topological polar surface area (TPSA) is 279 Å². The number of rotatable bonds is 16. The molecule has 0 spiro atoms. The molecule has 0 aromatic rings. The van der Waals surface area contributed by atoms with Crippen LogP contribution in [0.5, 0.6) is 0 Å². The van der Waals surface area contributed by atoms with Crippen molar-refractivity contribution >= 4 is 65.0 Å². The first kappa shape index (κ1) is 77.9. The SMILES string of the molecule is C/C=C/C[C@@H](C)[C@@H](O)[C@H]1C(=O)N[C@@H](CCC)C(=O)N(C)CC(=O)N(C)[C@@H](CC(C)C)C(=O)N[C@@H](C(C)C)C(=O)N(C)[C@@H](CC(C)C)C(=O)N[C@@H](C)C(=O)N[C@H](C)C(=O)N(C)[C@@H](CC(C)C)C(=O)N(C)[C@@H](CC(C)C)C(=O)N(C)[C@@H](C(C)C)C(=O)N1C. The van der Waals surface area contributed by atoms with Gasteiger partial charge in [0.05, 0.1) is 12.6 Å². The van der Waals surface area contributed by atoms with Crippen molar-refractivity contribution in [2.24, 2.45) is 41.4 Å². The number of aliphatic hydroxyl groups is 1. The van der Waals surface area contributed by atoms with E-state index in [0.29, 0.717) is 12.8 Å². The lowest BCUT2D eigenvalue weighted by Crippen LogP contribution is -2.63. The van der Waals surface area contributed by atoms with Gasteiger partial charge in [-0.3, -0.25) is 52.7 Å². The first-order valence-electron chi connectivity index (χ1n) is 31.1. The van der Waals surface area contributed by atoms with E-state index in [-0.39, 0.29) is 55.8 Å². The summed E-state index contributed by atoms with van der Waals surface area (Å²) < 4.78 is 0. The van der Waals surface area contributed by atoms with Crippen molar-refractivity contribution in [3.63, 3.8) is 0 Å². The summed E-state index contributed by atoms with van der Waals surface area (Å²) in [7, 11) is 9.95. The average molecular weight is 1220 g/mol. The monoisotopic (exact) mass is 1220 g/mol. The van der Waals surface area contributed by atoms with Gasteiger partial charge in [0.25, 0.3) is 0 Å². The number of hydrogen-bond acceptors (Lipinski definition) is 12. The number of nitrogens with one attached hydrogen (secondary N) is 4. The van der Waals surface area contributed by atoms with E-state index >= 15 is 9.59 Å². The van der Waals surface area contributed by atoms with Crippen LogP contribution in [0.25, 0.3) is 0 Å².